The Hall–Kier alpha value is -1.92. The zero-order valence-electron chi connectivity index (χ0n) is 39.4. The van der Waals surface area contributed by atoms with E-state index in [4.69, 9.17) is 4.74 Å². The van der Waals surface area contributed by atoms with Crippen molar-refractivity contribution < 1.29 is 24.5 Å². The van der Waals surface area contributed by atoms with Gasteiger partial charge in [-0.15, -0.1) is 0 Å². The van der Waals surface area contributed by atoms with Gasteiger partial charge in [0.05, 0.1) is 25.2 Å². The Morgan fingerprint density at radius 3 is 1.34 bits per heavy atom. The lowest BCUT2D eigenvalue weighted by Gasteiger charge is -2.24. The molecule has 59 heavy (non-hydrogen) atoms. The number of hydrogen-bond donors (Lipinski definition) is 3. The summed E-state index contributed by atoms with van der Waals surface area (Å²) < 4.78 is 5.93. The van der Waals surface area contributed by atoms with E-state index in [2.05, 4.69) is 62.5 Å². The summed E-state index contributed by atoms with van der Waals surface area (Å²) in [6, 6.07) is -0.701. The van der Waals surface area contributed by atoms with E-state index in [0.29, 0.717) is 19.3 Å². The van der Waals surface area contributed by atoms with Gasteiger partial charge in [-0.05, 0) is 64.2 Å². The summed E-state index contributed by atoms with van der Waals surface area (Å²) in [5.74, 6) is -0.489. The lowest BCUT2D eigenvalue weighted by Crippen LogP contribution is -2.46. The number of carbonyl (C=O) groups excluding carboxylic acids is 2. The zero-order valence-corrected chi connectivity index (χ0v) is 39.4. The lowest BCUT2D eigenvalue weighted by molar-refractivity contribution is -0.151. The van der Waals surface area contributed by atoms with Crippen LogP contribution in [-0.2, 0) is 14.3 Å². The Balaban J connectivity index is 4.58. The van der Waals surface area contributed by atoms with E-state index in [-0.39, 0.29) is 24.9 Å². The molecule has 0 bridgehead atoms. The number of esters is 1. The molecule has 0 aromatic rings. The van der Waals surface area contributed by atoms with Crippen LogP contribution >= 0.6 is 0 Å². The first kappa shape index (κ1) is 57.1. The van der Waals surface area contributed by atoms with Crippen LogP contribution in [0.5, 0.6) is 0 Å². The fourth-order valence-corrected chi connectivity index (χ4v) is 7.79. The Morgan fingerprint density at radius 2 is 0.864 bits per heavy atom. The predicted octanol–water partition coefficient (Wildman–Crippen LogP) is 15.3. The minimum absolute atomic E-state index is 0.0722. The zero-order chi connectivity index (χ0) is 43.1. The number of aliphatic hydroxyl groups excluding tert-OH is 2. The highest BCUT2D eigenvalue weighted by Crippen LogP contribution is 2.18. The third-order valence-corrected chi connectivity index (χ3v) is 11.7. The number of aliphatic hydroxyl groups is 2. The van der Waals surface area contributed by atoms with Gasteiger partial charge in [-0.3, -0.25) is 9.59 Å². The second kappa shape index (κ2) is 47.1. The fraction of sp³-hybridized carbons (Fsp3) is 0.849. The van der Waals surface area contributed by atoms with E-state index in [1.165, 1.54) is 141 Å². The number of amides is 1. The molecule has 0 aromatic heterocycles. The molecule has 0 heterocycles. The number of rotatable bonds is 46. The molecule has 1 amide bonds. The molecule has 0 saturated heterocycles. The molecule has 0 fully saturated rings. The topological polar surface area (TPSA) is 95.9 Å². The second-order valence-electron chi connectivity index (χ2n) is 17.6. The van der Waals surface area contributed by atoms with Gasteiger partial charge in [0.15, 0.2) is 0 Å². The molecule has 3 atom stereocenters. The van der Waals surface area contributed by atoms with Crippen molar-refractivity contribution in [3.8, 4) is 0 Å². The van der Waals surface area contributed by atoms with Crippen LogP contribution in [0.25, 0.3) is 0 Å². The highest BCUT2D eigenvalue weighted by atomic mass is 16.5. The number of nitrogens with one attached hydrogen (secondary N) is 1. The van der Waals surface area contributed by atoms with E-state index >= 15 is 0 Å². The molecular weight excluding hydrogens is 731 g/mol. The van der Waals surface area contributed by atoms with Crippen LogP contribution < -0.4 is 5.32 Å². The highest BCUT2D eigenvalue weighted by molar-refractivity contribution is 5.77. The normalized spacial score (nSPS) is 13.5. The highest BCUT2D eigenvalue weighted by Gasteiger charge is 2.24. The first-order chi connectivity index (χ1) is 29.0. The largest absolute Gasteiger partial charge is 0.462 e. The average molecular weight is 830 g/mol. The van der Waals surface area contributed by atoms with Gasteiger partial charge < -0.3 is 20.3 Å². The maximum absolute atomic E-state index is 13.2. The minimum atomic E-state index is -0.787. The third kappa shape index (κ3) is 42.6. The van der Waals surface area contributed by atoms with Crippen LogP contribution in [0.2, 0.25) is 0 Å². The van der Waals surface area contributed by atoms with E-state index in [1.54, 1.807) is 0 Å². The Kier molecular flexibility index (Phi) is 45.6. The van der Waals surface area contributed by atoms with Crippen molar-refractivity contribution in [3.05, 3.63) is 36.5 Å². The molecule has 0 aliphatic rings. The van der Waals surface area contributed by atoms with Gasteiger partial charge in [-0.25, -0.2) is 0 Å². The quantitative estimate of drug-likeness (QED) is 0.0323. The molecule has 0 aliphatic carbocycles. The van der Waals surface area contributed by atoms with Crippen molar-refractivity contribution in [2.45, 2.75) is 283 Å². The van der Waals surface area contributed by atoms with Crippen LogP contribution in [0.4, 0.5) is 0 Å². The van der Waals surface area contributed by atoms with E-state index in [1.807, 2.05) is 0 Å². The maximum Gasteiger partial charge on any atom is 0.306 e. The molecule has 0 radical (unpaired) electrons. The van der Waals surface area contributed by atoms with E-state index < -0.39 is 18.2 Å². The molecular formula is C53H99NO5. The van der Waals surface area contributed by atoms with Gasteiger partial charge >= 0.3 is 5.97 Å². The molecule has 3 unspecified atom stereocenters. The second-order valence-corrected chi connectivity index (χ2v) is 17.6. The lowest BCUT2D eigenvalue weighted by atomic mass is 10.0. The summed E-state index contributed by atoms with van der Waals surface area (Å²) in [6.07, 6.45) is 54.8. The summed E-state index contributed by atoms with van der Waals surface area (Å²) in [4.78, 5) is 26.1. The first-order valence-electron chi connectivity index (χ1n) is 25.7. The van der Waals surface area contributed by atoms with Crippen molar-refractivity contribution in [2.75, 3.05) is 6.61 Å². The SMILES string of the molecule is CCCCC/C=C\C/C=C\C/C=C\CCCCCCC(=O)OC(CCCCCCCCCCCCCCC)CC(=O)NC(CO)C(O)CCCCCCCCCCCC. The van der Waals surface area contributed by atoms with Gasteiger partial charge in [-0.1, -0.05) is 224 Å². The Bertz CT molecular complexity index is 977. The molecule has 346 valence electrons. The molecule has 0 rings (SSSR count). The van der Waals surface area contributed by atoms with Crippen molar-refractivity contribution in [1.82, 2.24) is 5.32 Å². The van der Waals surface area contributed by atoms with Gasteiger partial charge in [-0.2, -0.15) is 0 Å². The van der Waals surface area contributed by atoms with Crippen LogP contribution in [0, 0.1) is 0 Å². The maximum atomic E-state index is 13.2. The Labute approximate surface area is 366 Å². The van der Waals surface area contributed by atoms with Crippen molar-refractivity contribution in [1.29, 1.82) is 0 Å². The fourth-order valence-electron chi connectivity index (χ4n) is 7.79. The van der Waals surface area contributed by atoms with Crippen LogP contribution in [0.15, 0.2) is 36.5 Å². The average Bonchev–Trinajstić information content (AvgIpc) is 3.23. The molecule has 0 aliphatic heterocycles. The summed E-state index contributed by atoms with van der Waals surface area (Å²) in [5.41, 5.74) is 0. The first-order valence-corrected chi connectivity index (χ1v) is 25.7. The van der Waals surface area contributed by atoms with Gasteiger partial charge in [0, 0.05) is 6.42 Å². The van der Waals surface area contributed by atoms with Crippen molar-refractivity contribution in [3.63, 3.8) is 0 Å². The number of hydrogen-bond acceptors (Lipinski definition) is 5. The van der Waals surface area contributed by atoms with Gasteiger partial charge in [0.25, 0.3) is 0 Å². The predicted molar refractivity (Wildman–Crippen MR) is 255 cm³/mol. The number of carbonyl (C=O) groups is 2. The smallest absolute Gasteiger partial charge is 0.306 e. The number of allylic oxidation sites excluding steroid dienone is 6. The third-order valence-electron chi connectivity index (χ3n) is 11.7. The van der Waals surface area contributed by atoms with Crippen molar-refractivity contribution >= 4 is 11.9 Å². The molecule has 0 spiro atoms. The minimum Gasteiger partial charge on any atom is -0.462 e. The molecule has 6 heteroatoms. The van der Waals surface area contributed by atoms with E-state index in [9.17, 15) is 19.8 Å². The standard InChI is InChI=1S/C53H99NO5/c1-4-7-10-13-16-19-22-24-25-26-27-29-31-34-37-40-43-46-53(58)59-49(44-41-38-35-32-30-28-23-20-17-14-11-8-5-2)47-52(57)54-50(48-55)51(56)45-42-39-36-33-21-18-15-12-9-6-3/h16,19,24-25,27,29,49-51,55-56H,4-15,17-18,20-23,26,28,30-48H2,1-3H3,(H,54,57)/b19-16-,25-24-,29-27-. The van der Waals surface area contributed by atoms with Crippen LogP contribution in [0.1, 0.15) is 265 Å². The Morgan fingerprint density at radius 1 is 0.492 bits per heavy atom. The summed E-state index contributed by atoms with van der Waals surface area (Å²) in [6.45, 7) is 6.45. The van der Waals surface area contributed by atoms with Crippen molar-refractivity contribution in [2.24, 2.45) is 0 Å². The van der Waals surface area contributed by atoms with Gasteiger partial charge in [0.1, 0.15) is 6.10 Å². The van der Waals surface area contributed by atoms with Gasteiger partial charge in [0.2, 0.25) is 5.91 Å². The molecule has 0 saturated carbocycles. The number of ether oxygens (including phenoxy) is 1. The monoisotopic (exact) mass is 830 g/mol. The number of unbranched alkanes of at least 4 members (excludes halogenated alkanes) is 28. The molecule has 6 nitrogen and oxygen atoms in total. The van der Waals surface area contributed by atoms with Crippen LogP contribution in [0.3, 0.4) is 0 Å². The summed E-state index contributed by atoms with van der Waals surface area (Å²) in [5, 5.41) is 23.7. The van der Waals surface area contributed by atoms with E-state index in [0.717, 1.165) is 77.0 Å². The summed E-state index contributed by atoms with van der Waals surface area (Å²) in [7, 11) is 0. The molecule has 0 aromatic carbocycles. The summed E-state index contributed by atoms with van der Waals surface area (Å²) >= 11 is 0. The van der Waals surface area contributed by atoms with Crippen LogP contribution in [-0.4, -0.2) is 46.9 Å². The molecule has 3 N–H and O–H groups in total.